The van der Waals surface area contributed by atoms with Gasteiger partial charge in [-0.05, 0) is 55.9 Å². The number of rotatable bonds is 5. The maximum absolute atomic E-state index is 6.41. The van der Waals surface area contributed by atoms with Crippen molar-refractivity contribution < 1.29 is 0 Å². The maximum Gasteiger partial charge on any atom is 0.0332 e. The van der Waals surface area contributed by atoms with Gasteiger partial charge in [-0.15, -0.1) is 23.2 Å². The Morgan fingerprint density at radius 1 is 1.15 bits per heavy atom. The van der Waals surface area contributed by atoms with E-state index in [-0.39, 0.29) is 5.41 Å². The van der Waals surface area contributed by atoms with Crippen LogP contribution >= 0.6 is 23.2 Å². The van der Waals surface area contributed by atoms with E-state index in [1.807, 2.05) is 0 Å². The largest absolute Gasteiger partial charge is 0.126 e. The first kappa shape index (κ1) is 14.7. The number of aryl methyl sites for hydroxylation is 1. The van der Waals surface area contributed by atoms with Gasteiger partial charge in [0.2, 0.25) is 0 Å². The Bertz CT molecular complexity index is 464. The Balaban J connectivity index is 1.84. The summed E-state index contributed by atoms with van der Waals surface area (Å²) in [6.07, 6.45) is 6.93. The molecule has 2 fully saturated rings. The Morgan fingerprint density at radius 3 is 2.50 bits per heavy atom. The molecule has 1 aromatic carbocycles. The molecule has 0 nitrogen and oxygen atoms in total. The second kappa shape index (κ2) is 5.89. The summed E-state index contributed by atoms with van der Waals surface area (Å²) >= 11 is 12.8. The van der Waals surface area contributed by atoms with E-state index in [9.17, 15) is 0 Å². The molecule has 0 aromatic heterocycles. The molecule has 0 saturated heterocycles. The van der Waals surface area contributed by atoms with Crippen LogP contribution in [0.15, 0.2) is 24.3 Å². The van der Waals surface area contributed by atoms with Gasteiger partial charge in [-0.2, -0.15) is 0 Å². The third kappa shape index (κ3) is 2.62. The first-order chi connectivity index (χ1) is 9.66. The van der Waals surface area contributed by atoms with Gasteiger partial charge >= 0.3 is 0 Å². The molecule has 3 rings (SSSR count). The highest BCUT2D eigenvalue weighted by Gasteiger charge is 2.44. The lowest BCUT2D eigenvalue weighted by molar-refractivity contribution is 0.263. The Hall–Kier alpha value is -0.200. The third-order valence-electron chi connectivity index (χ3n) is 5.68. The molecule has 110 valence electrons. The summed E-state index contributed by atoms with van der Waals surface area (Å²) in [5.41, 5.74) is 2.60. The highest BCUT2D eigenvalue weighted by atomic mass is 35.5. The standard InChI is InChI=1S/C18H24Cl2/c1-13-3-2-4-17(7-13)18(11-19,12-20)10-16-9-14-5-6-15(16)8-14/h2-4,7,14-16H,5-6,8-12H2,1H3. The summed E-state index contributed by atoms with van der Waals surface area (Å²) in [5, 5.41) is 0. The molecule has 2 aliphatic rings. The lowest BCUT2D eigenvalue weighted by Gasteiger charge is -2.36. The fourth-order valence-electron chi connectivity index (χ4n) is 4.52. The monoisotopic (exact) mass is 310 g/mol. The van der Waals surface area contributed by atoms with E-state index in [1.54, 1.807) is 0 Å². The molecular formula is C18H24Cl2. The van der Waals surface area contributed by atoms with Gasteiger partial charge in [0.25, 0.3) is 0 Å². The van der Waals surface area contributed by atoms with Gasteiger partial charge in [-0.3, -0.25) is 0 Å². The lowest BCUT2D eigenvalue weighted by Crippen LogP contribution is -2.34. The summed E-state index contributed by atoms with van der Waals surface area (Å²) in [4.78, 5) is 0. The summed E-state index contributed by atoms with van der Waals surface area (Å²) in [6.45, 7) is 2.15. The number of halogens is 2. The van der Waals surface area contributed by atoms with E-state index in [0.29, 0.717) is 11.8 Å². The van der Waals surface area contributed by atoms with Crippen molar-refractivity contribution >= 4 is 23.2 Å². The molecule has 0 heterocycles. The minimum atomic E-state index is -0.0374. The number of alkyl halides is 2. The van der Waals surface area contributed by atoms with Crippen molar-refractivity contribution in [2.75, 3.05) is 11.8 Å². The van der Waals surface area contributed by atoms with Crippen LogP contribution < -0.4 is 0 Å². The summed E-state index contributed by atoms with van der Waals surface area (Å²) < 4.78 is 0. The van der Waals surface area contributed by atoms with Crippen LogP contribution in [0.1, 0.15) is 43.2 Å². The third-order valence-corrected chi connectivity index (χ3v) is 6.70. The number of fused-ring (bicyclic) bond motifs is 2. The second-order valence-corrected chi connectivity index (χ2v) is 7.59. The number of hydrogen-bond acceptors (Lipinski definition) is 0. The predicted octanol–water partition coefficient (Wildman–Crippen LogP) is 5.54. The molecular weight excluding hydrogens is 287 g/mol. The fourth-order valence-corrected chi connectivity index (χ4v) is 5.33. The van der Waals surface area contributed by atoms with Crippen molar-refractivity contribution in [2.45, 2.75) is 44.4 Å². The van der Waals surface area contributed by atoms with Crippen LogP contribution in [-0.2, 0) is 5.41 Å². The molecule has 2 saturated carbocycles. The first-order valence-electron chi connectivity index (χ1n) is 7.86. The second-order valence-electron chi connectivity index (χ2n) is 7.06. The van der Waals surface area contributed by atoms with Crippen LogP contribution in [0.25, 0.3) is 0 Å². The fraction of sp³-hybridized carbons (Fsp3) is 0.667. The van der Waals surface area contributed by atoms with E-state index in [1.165, 1.54) is 43.2 Å². The van der Waals surface area contributed by atoms with Crippen LogP contribution in [0, 0.1) is 24.7 Å². The van der Waals surface area contributed by atoms with E-state index in [0.717, 1.165) is 17.8 Å². The molecule has 0 N–H and O–H groups in total. The molecule has 3 unspecified atom stereocenters. The van der Waals surface area contributed by atoms with Gasteiger partial charge < -0.3 is 0 Å². The highest BCUT2D eigenvalue weighted by molar-refractivity contribution is 6.22. The van der Waals surface area contributed by atoms with Crippen molar-refractivity contribution in [2.24, 2.45) is 17.8 Å². The van der Waals surface area contributed by atoms with Crippen molar-refractivity contribution in [1.82, 2.24) is 0 Å². The number of hydrogen-bond donors (Lipinski definition) is 0. The Kier molecular flexibility index (Phi) is 4.34. The SMILES string of the molecule is Cc1cccc(C(CCl)(CCl)CC2CC3CCC2C3)c1. The molecule has 20 heavy (non-hydrogen) atoms. The molecule has 3 atom stereocenters. The molecule has 0 aliphatic heterocycles. The van der Waals surface area contributed by atoms with Crippen molar-refractivity contribution in [3.63, 3.8) is 0 Å². The van der Waals surface area contributed by atoms with E-state index >= 15 is 0 Å². The van der Waals surface area contributed by atoms with Gasteiger partial charge in [0.05, 0.1) is 0 Å². The predicted molar refractivity (Wildman–Crippen MR) is 87.9 cm³/mol. The van der Waals surface area contributed by atoms with Crippen molar-refractivity contribution in [1.29, 1.82) is 0 Å². The Morgan fingerprint density at radius 2 is 1.95 bits per heavy atom. The zero-order chi connectivity index (χ0) is 14.2. The summed E-state index contributed by atoms with van der Waals surface area (Å²) in [6, 6.07) is 8.77. The van der Waals surface area contributed by atoms with E-state index in [4.69, 9.17) is 23.2 Å². The van der Waals surface area contributed by atoms with E-state index in [2.05, 4.69) is 31.2 Å². The topological polar surface area (TPSA) is 0 Å². The van der Waals surface area contributed by atoms with E-state index < -0.39 is 0 Å². The summed E-state index contributed by atoms with van der Waals surface area (Å²) in [5.74, 6) is 4.04. The molecule has 2 aliphatic carbocycles. The van der Waals surface area contributed by atoms with Gasteiger partial charge in [-0.25, -0.2) is 0 Å². The average molecular weight is 311 g/mol. The van der Waals surface area contributed by atoms with Crippen molar-refractivity contribution in [3.05, 3.63) is 35.4 Å². The van der Waals surface area contributed by atoms with Crippen LogP contribution in [0.4, 0.5) is 0 Å². The minimum Gasteiger partial charge on any atom is -0.126 e. The van der Waals surface area contributed by atoms with Crippen LogP contribution in [-0.4, -0.2) is 11.8 Å². The van der Waals surface area contributed by atoms with Gasteiger partial charge in [0.1, 0.15) is 0 Å². The zero-order valence-electron chi connectivity index (χ0n) is 12.2. The van der Waals surface area contributed by atoms with Crippen LogP contribution in [0.3, 0.4) is 0 Å². The molecule has 0 radical (unpaired) electrons. The molecule has 0 spiro atoms. The normalized spacial score (nSPS) is 29.1. The average Bonchev–Trinajstić information content (AvgIpc) is 3.07. The number of benzene rings is 1. The quantitative estimate of drug-likeness (QED) is 0.627. The maximum atomic E-state index is 6.41. The highest BCUT2D eigenvalue weighted by Crippen LogP contribution is 2.52. The smallest absolute Gasteiger partial charge is 0.0332 e. The van der Waals surface area contributed by atoms with Gasteiger partial charge in [-0.1, -0.05) is 36.2 Å². The molecule has 0 amide bonds. The first-order valence-corrected chi connectivity index (χ1v) is 8.93. The minimum absolute atomic E-state index is 0.0374. The molecule has 2 heteroatoms. The zero-order valence-corrected chi connectivity index (χ0v) is 13.8. The van der Waals surface area contributed by atoms with Crippen LogP contribution in [0.2, 0.25) is 0 Å². The van der Waals surface area contributed by atoms with Gasteiger partial charge in [0.15, 0.2) is 0 Å². The molecule has 2 bridgehead atoms. The Labute approximate surface area is 132 Å². The van der Waals surface area contributed by atoms with Crippen LogP contribution in [0.5, 0.6) is 0 Å². The summed E-state index contributed by atoms with van der Waals surface area (Å²) in [7, 11) is 0. The van der Waals surface area contributed by atoms with Crippen molar-refractivity contribution in [3.8, 4) is 0 Å². The van der Waals surface area contributed by atoms with Gasteiger partial charge in [0, 0.05) is 17.2 Å². The molecule has 1 aromatic rings. The lowest BCUT2D eigenvalue weighted by atomic mass is 9.72.